The maximum absolute atomic E-state index is 12.3. The number of nitrogens with one attached hydrogen (secondary N) is 1. The molecule has 2 rings (SSSR count). The van der Waals surface area contributed by atoms with Gasteiger partial charge in [-0.25, -0.2) is 0 Å². The lowest BCUT2D eigenvalue weighted by molar-refractivity contribution is -0.394. The number of non-ortho nitro benzene ring substituents is 1. The number of aromatic hydroxyl groups is 1. The second-order valence-electron chi connectivity index (χ2n) is 5.13. The average Bonchev–Trinajstić information content (AvgIpc) is 2.51. The van der Waals surface area contributed by atoms with Crippen molar-refractivity contribution in [2.45, 2.75) is 13.8 Å². The van der Waals surface area contributed by atoms with Crippen LogP contribution in [0.5, 0.6) is 5.75 Å². The smallest absolute Gasteiger partial charge is 0.289 e. The zero-order valence-electron chi connectivity index (χ0n) is 12.8. The first-order chi connectivity index (χ1) is 11.2. The third-order valence-corrected chi connectivity index (χ3v) is 3.38. The fraction of sp³-hybridized carbons (Fsp3) is 0.133. The highest BCUT2D eigenvalue weighted by atomic mass is 16.6. The summed E-state index contributed by atoms with van der Waals surface area (Å²) >= 11 is 0. The molecule has 2 aromatic carbocycles. The molecule has 0 aromatic heterocycles. The number of hydrogen-bond acceptors (Lipinski definition) is 6. The van der Waals surface area contributed by atoms with E-state index in [9.17, 15) is 30.1 Å². The Morgan fingerprint density at radius 2 is 1.62 bits per heavy atom. The van der Waals surface area contributed by atoms with Crippen LogP contribution >= 0.6 is 0 Å². The number of phenolic OH excluding ortho intramolecular Hbond substituents is 1. The molecule has 0 aliphatic carbocycles. The van der Waals surface area contributed by atoms with E-state index in [1.807, 2.05) is 0 Å². The number of anilines is 1. The van der Waals surface area contributed by atoms with Crippen molar-refractivity contribution in [1.82, 2.24) is 0 Å². The molecule has 0 spiro atoms. The van der Waals surface area contributed by atoms with Gasteiger partial charge in [-0.2, -0.15) is 0 Å². The summed E-state index contributed by atoms with van der Waals surface area (Å²) < 4.78 is 0. The van der Waals surface area contributed by atoms with Crippen LogP contribution in [0.2, 0.25) is 0 Å². The van der Waals surface area contributed by atoms with Crippen LogP contribution < -0.4 is 5.32 Å². The number of nitro benzene ring substituents is 2. The summed E-state index contributed by atoms with van der Waals surface area (Å²) in [6.07, 6.45) is 0. The van der Waals surface area contributed by atoms with Gasteiger partial charge >= 0.3 is 0 Å². The average molecular weight is 331 g/mol. The molecular weight excluding hydrogens is 318 g/mol. The maximum atomic E-state index is 12.3. The Kier molecular flexibility index (Phi) is 4.45. The zero-order valence-corrected chi connectivity index (χ0v) is 12.8. The summed E-state index contributed by atoms with van der Waals surface area (Å²) in [4.78, 5) is 32.4. The highest BCUT2D eigenvalue weighted by Crippen LogP contribution is 2.28. The molecule has 2 aromatic rings. The number of hydrogen-bond donors (Lipinski definition) is 2. The fourth-order valence-corrected chi connectivity index (χ4v) is 2.20. The van der Waals surface area contributed by atoms with Crippen molar-refractivity contribution in [3.05, 3.63) is 67.3 Å². The van der Waals surface area contributed by atoms with Crippen LogP contribution in [0, 0.1) is 34.1 Å². The van der Waals surface area contributed by atoms with Gasteiger partial charge < -0.3 is 10.4 Å². The van der Waals surface area contributed by atoms with E-state index in [1.54, 1.807) is 13.8 Å². The van der Waals surface area contributed by atoms with Gasteiger partial charge in [0.05, 0.1) is 15.9 Å². The first-order valence-corrected chi connectivity index (χ1v) is 6.75. The van der Waals surface area contributed by atoms with Crippen LogP contribution in [-0.4, -0.2) is 20.9 Å². The highest BCUT2D eigenvalue weighted by molar-refractivity contribution is 6.07. The van der Waals surface area contributed by atoms with E-state index in [0.29, 0.717) is 16.8 Å². The summed E-state index contributed by atoms with van der Waals surface area (Å²) in [5.74, 6) is -0.685. The summed E-state index contributed by atoms with van der Waals surface area (Å²) in [6, 6.07) is 5.82. The molecule has 0 radical (unpaired) electrons. The number of phenols is 1. The minimum Gasteiger partial charge on any atom is -0.507 e. The molecule has 2 N–H and O–H groups in total. The number of carbonyl (C=O) groups excluding carboxylic acids is 1. The lowest BCUT2D eigenvalue weighted by Gasteiger charge is -2.10. The van der Waals surface area contributed by atoms with Crippen LogP contribution in [0.3, 0.4) is 0 Å². The number of nitro groups is 2. The van der Waals surface area contributed by atoms with Crippen molar-refractivity contribution in [2.24, 2.45) is 0 Å². The standard InChI is InChI=1S/C15H13N3O6/c1-8-5-10(6-9(2)14(8)19)16-15(20)12-4-3-11(17(21)22)7-13(12)18(23)24/h3-7,19H,1-2H3,(H,16,20). The molecule has 9 heteroatoms. The number of nitrogens with zero attached hydrogens (tertiary/aromatic N) is 2. The molecule has 1 amide bonds. The van der Waals surface area contributed by atoms with Crippen LogP contribution in [0.25, 0.3) is 0 Å². The predicted molar refractivity (Wildman–Crippen MR) is 85.3 cm³/mol. The normalized spacial score (nSPS) is 10.2. The second kappa shape index (κ2) is 6.32. The van der Waals surface area contributed by atoms with E-state index in [2.05, 4.69) is 5.32 Å². The van der Waals surface area contributed by atoms with E-state index in [4.69, 9.17) is 0 Å². The van der Waals surface area contributed by atoms with E-state index in [0.717, 1.165) is 18.2 Å². The molecule has 124 valence electrons. The molecule has 0 heterocycles. The Balaban J connectivity index is 2.40. The van der Waals surface area contributed by atoms with Crippen molar-refractivity contribution < 1.29 is 19.7 Å². The lowest BCUT2D eigenvalue weighted by Crippen LogP contribution is -2.14. The van der Waals surface area contributed by atoms with Crippen molar-refractivity contribution in [3.8, 4) is 5.75 Å². The lowest BCUT2D eigenvalue weighted by atomic mass is 10.1. The van der Waals surface area contributed by atoms with Crippen LogP contribution in [-0.2, 0) is 0 Å². The molecule has 0 bridgehead atoms. The molecule has 0 saturated heterocycles. The molecule has 9 nitrogen and oxygen atoms in total. The molecule has 0 fully saturated rings. The second-order valence-corrected chi connectivity index (χ2v) is 5.13. The molecular formula is C15H13N3O6. The van der Waals surface area contributed by atoms with Gasteiger partial charge in [0, 0.05) is 11.8 Å². The molecule has 24 heavy (non-hydrogen) atoms. The maximum Gasteiger partial charge on any atom is 0.289 e. The highest BCUT2D eigenvalue weighted by Gasteiger charge is 2.24. The topological polar surface area (TPSA) is 136 Å². The Hall–Kier alpha value is -3.49. The summed E-state index contributed by atoms with van der Waals surface area (Å²) in [6.45, 7) is 3.29. The summed E-state index contributed by atoms with van der Waals surface area (Å²) in [5, 5.41) is 34.0. The third kappa shape index (κ3) is 3.29. The summed E-state index contributed by atoms with van der Waals surface area (Å²) in [5.41, 5.74) is -0.0232. The Morgan fingerprint density at radius 3 is 2.12 bits per heavy atom. The van der Waals surface area contributed by atoms with Gasteiger partial charge in [0.2, 0.25) is 0 Å². The van der Waals surface area contributed by atoms with Gasteiger partial charge in [-0.15, -0.1) is 0 Å². The summed E-state index contributed by atoms with van der Waals surface area (Å²) in [7, 11) is 0. The SMILES string of the molecule is Cc1cc(NC(=O)c2ccc([N+](=O)[O-])cc2[N+](=O)[O-])cc(C)c1O. The van der Waals surface area contributed by atoms with E-state index < -0.39 is 27.1 Å². The van der Waals surface area contributed by atoms with E-state index in [-0.39, 0.29) is 11.3 Å². The number of rotatable bonds is 4. The largest absolute Gasteiger partial charge is 0.507 e. The minimum absolute atomic E-state index is 0.0920. The van der Waals surface area contributed by atoms with Gasteiger partial charge in [-0.3, -0.25) is 25.0 Å². The van der Waals surface area contributed by atoms with Gasteiger partial charge in [0.25, 0.3) is 17.3 Å². The molecule has 0 aliphatic rings. The van der Waals surface area contributed by atoms with Crippen molar-refractivity contribution in [3.63, 3.8) is 0 Å². The van der Waals surface area contributed by atoms with Crippen molar-refractivity contribution in [1.29, 1.82) is 0 Å². The van der Waals surface area contributed by atoms with Gasteiger partial charge in [-0.1, -0.05) is 0 Å². The molecule has 0 aliphatic heterocycles. The van der Waals surface area contributed by atoms with E-state index >= 15 is 0 Å². The van der Waals surface area contributed by atoms with Crippen molar-refractivity contribution in [2.75, 3.05) is 5.32 Å². The first kappa shape index (κ1) is 16.9. The number of aryl methyl sites for hydroxylation is 2. The van der Waals surface area contributed by atoms with E-state index in [1.165, 1.54) is 12.1 Å². The number of amides is 1. The molecule has 0 saturated carbocycles. The quantitative estimate of drug-likeness (QED) is 0.502. The minimum atomic E-state index is -0.852. The Bertz CT molecular complexity index is 839. The van der Waals surface area contributed by atoms with Crippen LogP contribution in [0.4, 0.5) is 17.1 Å². The first-order valence-electron chi connectivity index (χ1n) is 6.75. The van der Waals surface area contributed by atoms with Crippen molar-refractivity contribution >= 4 is 23.0 Å². The monoisotopic (exact) mass is 331 g/mol. The number of benzene rings is 2. The molecule has 0 unspecified atom stereocenters. The Labute approximate surface area is 135 Å². The van der Waals surface area contributed by atoms with Gasteiger partial charge in [-0.05, 0) is 43.2 Å². The van der Waals surface area contributed by atoms with Gasteiger partial charge in [0.15, 0.2) is 0 Å². The Morgan fingerprint density at radius 1 is 1.04 bits per heavy atom. The fourth-order valence-electron chi connectivity index (χ4n) is 2.20. The molecule has 0 atom stereocenters. The zero-order chi connectivity index (χ0) is 18.0. The van der Waals surface area contributed by atoms with Crippen LogP contribution in [0.15, 0.2) is 30.3 Å². The van der Waals surface area contributed by atoms with Crippen LogP contribution in [0.1, 0.15) is 21.5 Å². The number of carbonyl (C=O) groups is 1. The van der Waals surface area contributed by atoms with Gasteiger partial charge in [0.1, 0.15) is 11.3 Å². The predicted octanol–water partition coefficient (Wildman–Crippen LogP) is 3.08. The third-order valence-electron chi connectivity index (χ3n) is 3.38.